The highest BCUT2D eigenvalue weighted by atomic mass is 35.5. The predicted octanol–water partition coefficient (Wildman–Crippen LogP) is 2.31. The van der Waals surface area contributed by atoms with E-state index in [0.717, 1.165) is 17.1 Å². The van der Waals surface area contributed by atoms with Gasteiger partial charge in [-0.1, -0.05) is 6.08 Å². The molecule has 0 aromatic heterocycles. The Bertz CT molecular complexity index is 328. The van der Waals surface area contributed by atoms with Gasteiger partial charge in [0.2, 0.25) is 0 Å². The fraction of sp³-hybridized carbons (Fsp3) is 0.273. The summed E-state index contributed by atoms with van der Waals surface area (Å²) in [6, 6.07) is 5.28. The molecule has 15 heavy (non-hydrogen) atoms. The van der Waals surface area contributed by atoms with Crippen LogP contribution >= 0.6 is 12.4 Å². The van der Waals surface area contributed by atoms with Crippen molar-refractivity contribution in [2.45, 2.75) is 6.04 Å². The molecular weight excluding hydrogens is 214 g/mol. The SMILES string of the molecule is C=C[C@@H](N)c1cc(OC)ccc1OC.Cl. The van der Waals surface area contributed by atoms with Crippen LogP contribution in [0, 0.1) is 0 Å². The third-order valence-electron chi connectivity index (χ3n) is 2.05. The molecule has 0 aliphatic heterocycles. The average Bonchev–Trinajstić information content (AvgIpc) is 2.27. The van der Waals surface area contributed by atoms with Crippen LogP contribution in [0.3, 0.4) is 0 Å². The highest BCUT2D eigenvalue weighted by Crippen LogP contribution is 2.28. The van der Waals surface area contributed by atoms with Crippen molar-refractivity contribution in [1.82, 2.24) is 0 Å². The molecule has 0 bridgehead atoms. The zero-order chi connectivity index (χ0) is 10.6. The van der Waals surface area contributed by atoms with Gasteiger partial charge in [0.15, 0.2) is 0 Å². The van der Waals surface area contributed by atoms with E-state index in [9.17, 15) is 0 Å². The Morgan fingerprint density at radius 1 is 1.33 bits per heavy atom. The van der Waals surface area contributed by atoms with Crippen LogP contribution in [0.2, 0.25) is 0 Å². The van der Waals surface area contributed by atoms with Crippen LogP contribution in [-0.4, -0.2) is 14.2 Å². The first-order chi connectivity index (χ1) is 6.72. The molecule has 2 N–H and O–H groups in total. The molecule has 3 nitrogen and oxygen atoms in total. The number of benzene rings is 1. The summed E-state index contributed by atoms with van der Waals surface area (Å²) in [5, 5.41) is 0. The van der Waals surface area contributed by atoms with E-state index in [4.69, 9.17) is 15.2 Å². The van der Waals surface area contributed by atoms with Crippen LogP contribution in [0.15, 0.2) is 30.9 Å². The molecule has 1 aromatic rings. The van der Waals surface area contributed by atoms with Crippen LogP contribution in [0.25, 0.3) is 0 Å². The lowest BCUT2D eigenvalue weighted by Crippen LogP contribution is -2.08. The minimum Gasteiger partial charge on any atom is -0.497 e. The van der Waals surface area contributed by atoms with Crippen LogP contribution in [0.5, 0.6) is 11.5 Å². The van der Waals surface area contributed by atoms with Gasteiger partial charge in [-0.15, -0.1) is 19.0 Å². The van der Waals surface area contributed by atoms with Crippen molar-refractivity contribution in [2.75, 3.05) is 14.2 Å². The number of methoxy groups -OCH3 is 2. The fourth-order valence-electron chi connectivity index (χ4n) is 1.23. The van der Waals surface area contributed by atoms with Gasteiger partial charge in [-0.2, -0.15) is 0 Å². The Morgan fingerprint density at radius 3 is 2.47 bits per heavy atom. The van der Waals surface area contributed by atoms with Gasteiger partial charge in [-0.25, -0.2) is 0 Å². The number of hydrogen-bond acceptors (Lipinski definition) is 3. The second kappa shape index (κ2) is 6.32. The molecule has 1 aromatic carbocycles. The molecule has 0 fully saturated rings. The molecule has 1 atom stereocenters. The van der Waals surface area contributed by atoms with Crippen molar-refractivity contribution < 1.29 is 9.47 Å². The molecule has 0 heterocycles. The lowest BCUT2D eigenvalue weighted by molar-refractivity contribution is 0.397. The molecule has 0 saturated carbocycles. The third kappa shape index (κ3) is 3.15. The second-order valence-corrected chi connectivity index (χ2v) is 2.87. The van der Waals surface area contributed by atoms with Gasteiger partial charge < -0.3 is 15.2 Å². The van der Waals surface area contributed by atoms with Gasteiger partial charge >= 0.3 is 0 Å². The Balaban J connectivity index is 0.00000196. The van der Waals surface area contributed by atoms with Crippen LogP contribution in [0.1, 0.15) is 11.6 Å². The maximum Gasteiger partial charge on any atom is 0.124 e. The fourth-order valence-corrected chi connectivity index (χ4v) is 1.23. The Morgan fingerprint density at radius 2 is 2.00 bits per heavy atom. The van der Waals surface area contributed by atoms with E-state index < -0.39 is 0 Å². The summed E-state index contributed by atoms with van der Waals surface area (Å²) in [5.41, 5.74) is 6.72. The summed E-state index contributed by atoms with van der Waals surface area (Å²) in [7, 11) is 3.23. The monoisotopic (exact) mass is 229 g/mol. The van der Waals surface area contributed by atoms with Crippen molar-refractivity contribution in [3.63, 3.8) is 0 Å². The van der Waals surface area contributed by atoms with Crippen LogP contribution < -0.4 is 15.2 Å². The maximum atomic E-state index is 5.84. The summed E-state index contributed by atoms with van der Waals surface area (Å²) in [5.74, 6) is 1.51. The molecule has 84 valence electrons. The standard InChI is InChI=1S/C11H15NO2.ClH/c1-4-10(12)9-7-8(13-2)5-6-11(9)14-3;/h4-7,10H,1,12H2,2-3H3;1H/t10-;/m1./s1. The third-order valence-corrected chi connectivity index (χ3v) is 2.05. The lowest BCUT2D eigenvalue weighted by atomic mass is 10.1. The van der Waals surface area contributed by atoms with Crippen molar-refractivity contribution in [2.24, 2.45) is 5.73 Å². The van der Waals surface area contributed by atoms with Gasteiger partial charge in [0.1, 0.15) is 11.5 Å². The average molecular weight is 230 g/mol. The van der Waals surface area contributed by atoms with Gasteiger partial charge in [0.25, 0.3) is 0 Å². The van der Waals surface area contributed by atoms with Gasteiger partial charge in [0, 0.05) is 5.56 Å². The van der Waals surface area contributed by atoms with E-state index >= 15 is 0 Å². The largest absolute Gasteiger partial charge is 0.497 e. The van der Waals surface area contributed by atoms with Crippen molar-refractivity contribution in [3.8, 4) is 11.5 Å². The first-order valence-electron chi connectivity index (χ1n) is 4.33. The molecule has 0 spiro atoms. The molecule has 1 rings (SSSR count). The summed E-state index contributed by atoms with van der Waals surface area (Å²) in [6.07, 6.45) is 1.66. The van der Waals surface area contributed by atoms with Crippen molar-refractivity contribution in [1.29, 1.82) is 0 Å². The quantitative estimate of drug-likeness (QED) is 0.806. The zero-order valence-electron chi connectivity index (χ0n) is 8.90. The topological polar surface area (TPSA) is 44.5 Å². The van der Waals surface area contributed by atoms with E-state index in [1.807, 2.05) is 18.2 Å². The smallest absolute Gasteiger partial charge is 0.124 e. The molecule has 4 heteroatoms. The Kier molecular flexibility index (Phi) is 5.82. The Hall–Kier alpha value is -1.19. The number of rotatable bonds is 4. The second-order valence-electron chi connectivity index (χ2n) is 2.87. The molecule has 0 radical (unpaired) electrons. The van der Waals surface area contributed by atoms with E-state index in [2.05, 4.69) is 6.58 Å². The number of halogens is 1. The highest BCUT2D eigenvalue weighted by Gasteiger charge is 2.09. The molecule has 0 unspecified atom stereocenters. The number of hydrogen-bond donors (Lipinski definition) is 1. The van der Waals surface area contributed by atoms with Crippen LogP contribution in [-0.2, 0) is 0 Å². The van der Waals surface area contributed by atoms with Crippen LogP contribution in [0.4, 0.5) is 0 Å². The summed E-state index contributed by atoms with van der Waals surface area (Å²) < 4.78 is 10.3. The normalized spacial score (nSPS) is 11.1. The lowest BCUT2D eigenvalue weighted by Gasteiger charge is -2.13. The molecule has 0 aliphatic rings. The molecule has 0 amide bonds. The molecular formula is C11H16ClNO2. The first kappa shape index (κ1) is 13.8. The minimum absolute atomic E-state index is 0. The molecule has 0 saturated heterocycles. The van der Waals surface area contributed by atoms with Gasteiger partial charge in [0.05, 0.1) is 20.3 Å². The minimum atomic E-state index is -0.236. The zero-order valence-corrected chi connectivity index (χ0v) is 9.71. The first-order valence-corrected chi connectivity index (χ1v) is 4.33. The van der Waals surface area contributed by atoms with E-state index in [1.54, 1.807) is 20.3 Å². The van der Waals surface area contributed by atoms with Gasteiger partial charge in [-0.05, 0) is 18.2 Å². The van der Waals surface area contributed by atoms with Crippen molar-refractivity contribution in [3.05, 3.63) is 36.4 Å². The summed E-state index contributed by atoms with van der Waals surface area (Å²) in [4.78, 5) is 0. The number of ether oxygens (including phenoxy) is 2. The molecule has 0 aliphatic carbocycles. The Labute approximate surface area is 96.3 Å². The predicted molar refractivity (Wildman–Crippen MR) is 63.9 cm³/mol. The highest BCUT2D eigenvalue weighted by molar-refractivity contribution is 5.85. The van der Waals surface area contributed by atoms with E-state index in [-0.39, 0.29) is 18.4 Å². The van der Waals surface area contributed by atoms with E-state index in [1.165, 1.54) is 0 Å². The van der Waals surface area contributed by atoms with E-state index in [0.29, 0.717) is 0 Å². The van der Waals surface area contributed by atoms with Crippen molar-refractivity contribution >= 4 is 12.4 Å². The van der Waals surface area contributed by atoms with Gasteiger partial charge in [-0.3, -0.25) is 0 Å². The summed E-state index contributed by atoms with van der Waals surface area (Å²) >= 11 is 0. The number of nitrogens with two attached hydrogens (primary N) is 1. The summed E-state index contributed by atoms with van der Waals surface area (Å²) in [6.45, 7) is 3.65. The maximum absolute atomic E-state index is 5.84.